The molecule has 1 atom stereocenters. The fourth-order valence-corrected chi connectivity index (χ4v) is 2.48. The van der Waals surface area contributed by atoms with Gasteiger partial charge in [-0.3, -0.25) is 0 Å². The van der Waals surface area contributed by atoms with Crippen LogP contribution >= 0.6 is 23.2 Å². The quantitative estimate of drug-likeness (QED) is 0.404. The van der Waals surface area contributed by atoms with E-state index in [2.05, 4.69) is 20.9 Å². The maximum absolute atomic E-state index is 12.2. The molecule has 0 saturated carbocycles. The third-order valence-corrected chi connectivity index (χ3v) is 3.43. The van der Waals surface area contributed by atoms with Crippen molar-refractivity contribution in [3.63, 3.8) is 0 Å². The summed E-state index contributed by atoms with van der Waals surface area (Å²) in [6, 6.07) is -0.549. The maximum atomic E-state index is 12.2. The molecule has 1 aromatic rings. The standard InChI is InChI=1S/C15H20Cl2N4O2/c1-5-6-7-8-21(11(9-10(2)3)12(22)23-4)15-19-13(16)18-14(17)20-15/h1,10-11H,6-9H2,2-4H3/t11-/m0/s1. The molecular formula is C15H20Cl2N4O2. The van der Waals surface area contributed by atoms with Crippen molar-refractivity contribution in [2.24, 2.45) is 5.92 Å². The fraction of sp³-hybridized carbons (Fsp3) is 0.600. The van der Waals surface area contributed by atoms with Crippen molar-refractivity contribution >= 4 is 35.1 Å². The number of carbonyl (C=O) groups excluding carboxylic acids is 1. The highest BCUT2D eigenvalue weighted by Gasteiger charge is 2.30. The number of nitrogens with zero attached hydrogens (tertiary/aromatic N) is 4. The molecule has 23 heavy (non-hydrogen) atoms. The number of hydrogen-bond acceptors (Lipinski definition) is 6. The second kappa shape index (κ2) is 9.53. The lowest BCUT2D eigenvalue weighted by Crippen LogP contribution is -2.44. The number of ether oxygens (including phenoxy) is 1. The van der Waals surface area contributed by atoms with Crippen LogP contribution in [0.5, 0.6) is 0 Å². The highest BCUT2D eigenvalue weighted by Crippen LogP contribution is 2.21. The van der Waals surface area contributed by atoms with Crippen molar-refractivity contribution in [1.82, 2.24) is 15.0 Å². The van der Waals surface area contributed by atoms with Crippen molar-refractivity contribution in [3.05, 3.63) is 10.6 Å². The third kappa shape index (κ3) is 6.20. The van der Waals surface area contributed by atoms with E-state index in [0.717, 1.165) is 0 Å². The summed E-state index contributed by atoms with van der Waals surface area (Å²) in [5.74, 6) is 2.71. The number of esters is 1. The van der Waals surface area contributed by atoms with Crippen molar-refractivity contribution < 1.29 is 9.53 Å². The van der Waals surface area contributed by atoms with Gasteiger partial charge in [0.25, 0.3) is 0 Å². The van der Waals surface area contributed by atoms with Crippen LogP contribution in [0.3, 0.4) is 0 Å². The zero-order valence-corrected chi connectivity index (χ0v) is 14.9. The normalized spacial score (nSPS) is 11.9. The first kappa shape index (κ1) is 19.5. The number of carbonyl (C=O) groups is 1. The Morgan fingerprint density at radius 3 is 2.39 bits per heavy atom. The molecule has 0 aliphatic heterocycles. The van der Waals surface area contributed by atoms with Gasteiger partial charge in [-0.15, -0.1) is 12.3 Å². The van der Waals surface area contributed by atoms with Crippen LogP contribution in [0.25, 0.3) is 0 Å². The molecule has 0 aliphatic rings. The molecule has 8 heteroatoms. The number of halogens is 2. The molecule has 1 aromatic heterocycles. The van der Waals surface area contributed by atoms with Gasteiger partial charge in [0, 0.05) is 13.0 Å². The Kier molecular flexibility index (Phi) is 8.07. The summed E-state index contributed by atoms with van der Waals surface area (Å²) < 4.78 is 4.92. The summed E-state index contributed by atoms with van der Waals surface area (Å²) in [5.41, 5.74) is 0. The number of rotatable bonds is 8. The van der Waals surface area contributed by atoms with E-state index < -0.39 is 6.04 Å². The molecule has 126 valence electrons. The van der Waals surface area contributed by atoms with Gasteiger partial charge in [0.05, 0.1) is 7.11 Å². The van der Waals surface area contributed by atoms with Crippen LogP contribution < -0.4 is 4.90 Å². The van der Waals surface area contributed by atoms with E-state index in [9.17, 15) is 4.79 Å². The zero-order valence-electron chi connectivity index (χ0n) is 13.4. The number of methoxy groups -OCH3 is 1. The van der Waals surface area contributed by atoms with Gasteiger partial charge in [0.1, 0.15) is 6.04 Å². The maximum Gasteiger partial charge on any atom is 0.328 e. The number of aromatic nitrogens is 3. The molecule has 0 spiro atoms. The number of anilines is 1. The molecule has 0 unspecified atom stereocenters. The van der Waals surface area contributed by atoms with Gasteiger partial charge in [-0.1, -0.05) is 13.8 Å². The third-order valence-electron chi connectivity index (χ3n) is 3.09. The zero-order chi connectivity index (χ0) is 17.4. The minimum Gasteiger partial charge on any atom is -0.467 e. The SMILES string of the molecule is C#CCCCN(c1nc(Cl)nc(Cl)n1)[C@@H](CC(C)C)C(=O)OC. The second-order valence-corrected chi connectivity index (χ2v) is 6.02. The van der Waals surface area contributed by atoms with E-state index in [1.165, 1.54) is 7.11 Å². The van der Waals surface area contributed by atoms with Gasteiger partial charge < -0.3 is 9.64 Å². The molecule has 0 radical (unpaired) electrons. The Bertz CT molecular complexity index is 555. The summed E-state index contributed by atoms with van der Waals surface area (Å²) in [4.78, 5) is 25.8. The summed E-state index contributed by atoms with van der Waals surface area (Å²) in [5, 5.41) is -0.0646. The van der Waals surface area contributed by atoms with Crippen molar-refractivity contribution in [2.45, 2.75) is 39.2 Å². The monoisotopic (exact) mass is 358 g/mol. The van der Waals surface area contributed by atoms with Gasteiger partial charge in [-0.05, 0) is 42.0 Å². The van der Waals surface area contributed by atoms with Crippen LogP contribution in [-0.4, -0.2) is 40.6 Å². The molecule has 0 fully saturated rings. The van der Waals surface area contributed by atoms with E-state index in [0.29, 0.717) is 25.8 Å². The Hall–Kier alpha value is -1.58. The molecule has 0 N–H and O–H groups in total. The molecule has 1 heterocycles. The minimum absolute atomic E-state index is 0.0323. The van der Waals surface area contributed by atoms with E-state index >= 15 is 0 Å². The molecular weight excluding hydrogens is 339 g/mol. The summed E-state index contributed by atoms with van der Waals surface area (Å²) in [7, 11) is 1.35. The van der Waals surface area contributed by atoms with Gasteiger partial charge in [0.15, 0.2) is 0 Å². The summed E-state index contributed by atoms with van der Waals surface area (Å²) in [6.45, 7) is 4.51. The van der Waals surface area contributed by atoms with Crippen molar-refractivity contribution in [3.8, 4) is 12.3 Å². The summed E-state index contributed by atoms with van der Waals surface area (Å²) in [6.07, 6.45) is 7.11. The Morgan fingerprint density at radius 2 is 1.91 bits per heavy atom. The molecule has 0 amide bonds. The molecule has 0 aromatic carbocycles. The highest BCUT2D eigenvalue weighted by atomic mass is 35.5. The van der Waals surface area contributed by atoms with Crippen LogP contribution in [-0.2, 0) is 9.53 Å². The van der Waals surface area contributed by atoms with Crippen LogP contribution in [0.1, 0.15) is 33.1 Å². The highest BCUT2D eigenvalue weighted by molar-refractivity contribution is 6.31. The molecule has 6 nitrogen and oxygen atoms in total. The first-order valence-electron chi connectivity index (χ1n) is 7.24. The number of terminal acetylenes is 1. The second-order valence-electron chi connectivity index (χ2n) is 5.34. The lowest BCUT2D eigenvalue weighted by Gasteiger charge is -2.30. The minimum atomic E-state index is -0.549. The van der Waals surface area contributed by atoms with E-state index in [1.54, 1.807) is 4.90 Å². The van der Waals surface area contributed by atoms with Crippen LogP contribution in [0, 0.1) is 18.3 Å². The number of unbranched alkanes of at least 4 members (excludes halogenated alkanes) is 1. The van der Waals surface area contributed by atoms with E-state index in [-0.39, 0.29) is 28.4 Å². The first-order chi connectivity index (χ1) is 10.9. The lowest BCUT2D eigenvalue weighted by atomic mass is 10.0. The average molecular weight is 359 g/mol. The molecule has 1 rings (SSSR count). The lowest BCUT2D eigenvalue weighted by molar-refractivity contribution is -0.142. The number of hydrogen-bond donors (Lipinski definition) is 0. The van der Waals surface area contributed by atoms with Crippen LogP contribution in [0.2, 0.25) is 10.6 Å². The Labute approximate surface area is 146 Å². The molecule has 0 bridgehead atoms. The van der Waals surface area contributed by atoms with Gasteiger partial charge in [0.2, 0.25) is 16.5 Å². The van der Waals surface area contributed by atoms with Gasteiger partial charge in [-0.25, -0.2) is 4.79 Å². The average Bonchev–Trinajstić information content (AvgIpc) is 2.47. The smallest absolute Gasteiger partial charge is 0.328 e. The summed E-state index contributed by atoms with van der Waals surface area (Å²) >= 11 is 11.7. The molecule has 0 saturated heterocycles. The van der Waals surface area contributed by atoms with Crippen molar-refractivity contribution in [1.29, 1.82) is 0 Å². The topological polar surface area (TPSA) is 68.2 Å². The fourth-order valence-electron chi connectivity index (χ4n) is 2.12. The van der Waals surface area contributed by atoms with Crippen LogP contribution in [0.15, 0.2) is 0 Å². The van der Waals surface area contributed by atoms with Gasteiger partial charge >= 0.3 is 5.97 Å². The predicted octanol–water partition coefficient (Wildman–Crippen LogP) is 2.99. The van der Waals surface area contributed by atoms with E-state index in [4.69, 9.17) is 34.4 Å². The Morgan fingerprint density at radius 1 is 1.30 bits per heavy atom. The van der Waals surface area contributed by atoms with E-state index in [1.807, 2.05) is 13.8 Å². The van der Waals surface area contributed by atoms with Crippen molar-refractivity contribution in [2.75, 3.05) is 18.6 Å². The van der Waals surface area contributed by atoms with Crippen LogP contribution in [0.4, 0.5) is 5.95 Å². The largest absolute Gasteiger partial charge is 0.467 e. The predicted molar refractivity (Wildman–Crippen MR) is 90.5 cm³/mol. The molecule has 0 aliphatic carbocycles. The first-order valence-corrected chi connectivity index (χ1v) is 7.99. The Balaban J connectivity index is 3.18. The van der Waals surface area contributed by atoms with Gasteiger partial charge in [-0.2, -0.15) is 15.0 Å².